The van der Waals surface area contributed by atoms with Gasteiger partial charge in [0.15, 0.2) is 0 Å². The zero-order valence-electron chi connectivity index (χ0n) is 12.9. The largest absolute Gasteiger partial charge is 0.497 e. The predicted molar refractivity (Wildman–Crippen MR) is 81.4 cm³/mol. The Morgan fingerprint density at radius 3 is 2.60 bits per heavy atom. The maximum absolute atomic E-state index is 9.92. The Balaban J connectivity index is 2.30. The normalized spacial score (nSPS) is 15.4. The van der Waals surface area contributed by atoms with Crippen LogP contribution in [0.1, 0.15) is 27.2 Å². The first-order valence-corrected chi connectivity index (χ1v) is 7.25. The molecule has 3 atom stereocenters. The highest BCUT2D eigenvalue weighted by Gasteiger charge is 2.12. The van der Waals surface area contributed by atoms with Crippen molar-refractivity contribution in [2.75, 3.05) is 20.3 Å². The Labute approximate surface area is 122 Å². The molecule has 4 nitrogen and oxygen atoms in total. The van der Waals surface area contributed by atoms with E-state index in [-0.39, 0.29) is 6.61 Å². The lowest BCUT2D eigenvalue weighted by molar-refractivity contribution is 0.102. The van der Waals surface area contributed by atoms with Crippen molar-refractivity contribution >= 4 is 0 Å². The molecule has 0 amide bonds. The van der Waals surface area contributed by atoms with Crippen LogP contribution in [0.3, 0.4) is 0 Å². The molecule has 20 heavy (non-hydrogen) atoms. The lowest BCUT2D eigenvalue weighted by Crippen LogP contribution is -2.39. The Bertz CT molecular complexity index is 384. The SMILES string of the molecule is CCC(C)C(C)NCC(O)COc1cccc(OC)c1. The molecule has 4 heteroatoms. The Kier molecular flexibility index (Phi) is 7.41. The van der Waals surface area contributed by atoms with Crippen molar-refractivity contribution in [2.45, 2.75) is 39.3 Å². The Morgan fingerprint density at radius 1 is 1.25 bits per heavy atom. The zero-order valence-corrected chi connectivity index (χ0v) is 12.9. The second-order valence-corrected chi connectivity index (χ2v) is 5.23. The first-order valence-electron chi connectivity index (χ1n) is 7.25. The first-order chi connectivity index (χ1) is 9.56. The number of hydrogen-bond acceptors (Lipinski definition) is 4. The molecule has 0 radical (unpaired) electrons. The van der Waals surface area contributed by atoms with Crippen LogP contribution >= 0.6 is 0 Å². The van der Waals surface area contributed by atoms with E-state index in [4.69, 9.17) is 9.47 Å². The van der Waals surface area contributed by atoms with E-state index in [1.54, 1.807) is 7.11 Å². The summed E-state index contributed by atoms with van der Waals surface area (Å²) in [6, 6.07) is 7.78. The minimum Gasteiger partial charge on any atom is -0.497 e. The topological polar surface area (TPSA) is 50.7 Å². The minimum atomic E-state index is -0.521. The number of nitrogens with one attached hydrogen (secondary N) is 1. The van der Waals surface area contributed by atoms with Gasteiger partial charge in [-0.1, -0.05) is 26.3 Å². The molecule has 114 valence electrons. The van der Waals surface area contributed by atoms with Gasteiger partial charge in [0.2, 0.25) is 0 Å². The average molecular weight is 281 g/mol. The first kappa shape index (κ1) is 16.8. The third-order valence-electron chi connectivity index (χ3n) is 3.66. The molecular weight excluding hydrogens is 254 g/mol. The summed E-state index contributed by atoms with van der Waals surface area (Å²) >= 11 is 0. The fraction of sp³-hybridized carbons (Fsp3) is 0.625. The smallest absolute Gasteiger partial charge is 0.123 e. The predicted octanol–water partition coefficient (Wildman–Crippen LogP) is 2.46. The van der Waals surface area contributed by atoms with Crippen LogP contribution in [0.15, 0.2) is 24.3 Å². The van der Waals surface area contributed by atoms with Gasteiger partial charge in [0, 0.05) is 18.7 Å². The molecule has 1 aromatic carbocycles. The third kappa shape index (κ3) is 5.80. The van der Waals surface area contributed by atoms with Crippen LogP contribution in [-0.2, 0) is 0 Å². The van der Waals surface area contributed by atoms with Crippen molar-refractivity contribution in [1.82, 2.24) is 5.32 Å². The van der Waals surface area contributed by atoms with E-state index in [0.29, 0.717) is 24.3 Å². The van der Waals surface area contributed by atoms with Crippen LogP contribution in [0.25, 0.3) is 0 Å². The van der Waals surface area contributed by atoms with E-state index in [1.807, 2.05) is 24.3 Å². The van der Waals surface area contributed by atoms with E-state index >= 15 is 0 Å². The summed E-state index contributed by atoms with van der Waals surface area (Å²) in [6.07, 6.45) is 0.609. The number of hydrogen-bond donors (Lipinski definition) is 2. The molecule has 0 heterocycles. The Morgan fingerprint density at radius 2 is 1.95 bits per heavy atom. The molecule has 0 fully saturated rings. The molecule has 0 spiro atoms. The van der Waals surface area contributed by atoms with Crippen LogP contribution in [0.2, 0.25) is 0 Å². The highest BCUT2D eigenvalue weighted by atomic mass is 16.5. The molecule has 0 saturated carbocycles. The van der Waals surface area contributed by atoms with E-state index in [2.05, 4.69) is 26.1 Å². The van der Waals surface area contributed by atoms with Gasteiger partial charge in [0.1, 0.15) is 24.2 Å². The number of methoxy groups -OCH3 is 1. The van der Waals surface area contributed by atoms with Crippen molar-refractivity contribution in [2.24, 2.45) is 5.92 Å². The van der Waals surface area contributed by atoms with E-state index in [9.17, 15) is 5.11 Å². The van der Waals surface area contributed by atoms with Crippen LogP contribution in [-0.4, -0.2) is 37.5 Å². The molecule has 0 aromatic heterocycles. The Hall–Kier alpha value is -1.26. The van der Waals surface area contributed by atoms with Crippen molar-refractivity contribution in [1.29, 1.82) is 0 Å². The molecule has 0 aliphatic heterocycles. The molecule has 1 rings (SSSR count). The summed E-state index contributed by atoms with van der Waals surface area (Å²) in [5.74, 6) is 2.06. The summed E-state index contributed by atoms with van der Waals surface area (Å²) in [7, 11) is 1.62. The van der Waals surface area contributed by atoms with Gasteiger partial charge >= 0.3 is 0 Å². The molecule has 1 aromatic rings. The van der Waals surface area contributed by atoms with Gasteiger partial charge in [0.25, 0.3) is 0 Å². The van der Waals surface area contributed by atoms with Gasteiger partial charge in [-0.15, -0.1) is 0 Å². The molecule has 2 N–H and O–H groups in total. The van der Waals surface area contributed by atoms with Gasteiger partial charge < -0.3 is 19.9 Å². The number of aliphatic hydroxyl groups is 1. The van der Waals surface area contributed by atoms with Crippen molar-refractivity contribution in [3.05, 3.63) is 24.3 Å². The molecule has 0 bridgehead atoms. The summed E-state index contributed by atoms with van der Waals surface area (Å²) in [5, 5.41) is 13.3. The van der Waals surface area contributed by atoms with Gasteiger partial charge in [-0.25, -0.2) is 0 Å². The molecule has 3 unspecified atom stereocenters. The number of ether oxygens (including phenoxy) is 2. The number of aliphatic hydroxyl groups excluding tert-OH is 1. The van der Waals surface area contributed by atoms with Gasteiger partial charge in [-0.2, -0.15) is 0 Å². The highest BCUT2D eigenvalue weighted by molar-refractivity contribution is 5.32. The third-order valence-corrected chi connectivity index (χ3v) is 3.66. The standard InChI is InChI=1S/C16H27NO3/c1-5-12(2)13(3)17-10-14(18)11-20-16-8-6-7-15(9-16)19-4/h6-9,12-14,17-18H,5,10-11H2,1-4H3. The van der Waals surface area contributed by atoms with Crippen molar-refractivity contribution in [3.8, 4) is 11.5 Å². The van der Waals surface area contributed by atoms with Crippen LogP contribution in [0, 0.1) is 5.92 Å². The summed E-state index contributed by atoms with van der Waals surface area (Å²) in [4.78, 5) is 0. The number of rotatable bonds is 9. The van der Waals surface area contributed by atoms with E-state index < -0.39 is 6.10 Å². The molecule has 0 aliphatic carbocycles. The van der Waals surface area contributed by atoms with Crippen molar-refractivity contribution < 1.29 is 14.6 Å². The fourth-order valence-electron chi connectivity index (χ4n) is 1.82. The van der Waals surface area contributed by atoms with E-state index in [1.165, 1.54) is 0 Å². The maximum Gasteiger partial charge on any atom is 0.123 e. The molecule has 0 aliphatic rings. The average Bonchev–Trinajstić information content (AvgIpc) is 2.49. The van der Waals surface area contributed by atoms with Crippen LogP contribution < -0.4 is 14.8 Å². The minimum absolute atomic E-state index is 0.271. The zero-order chi connectivity index (χ0) is 15.0. The lowest BCUT2D eigenvalue weighted by atomic mass is 10.0. The molecular formula is C16H27NO3. The summed E-state index contributed by atoms with van der Waals surface area (Å²) in [5.41, 5.74) is 0. The number of benzene rings is 1. The highest BCUT2D eigenvalue weighted by Crippen LogP contribution is 2.18. The summed E-state index contributed by atoms with van der Waals surface area (Å²) < 4.78 is 10.7. The maximum atomic E-state index is 9.92. The van der Waals surface area contributed by atoms with E-state index in [0.717, 1.165) is 12.2 Å². The second-order valence-electron chi connectivity index (χ2n) is 5.23. The van der Waals surface area contributed by atoms with Gasteiger partial charge in [0.05, 0.1) is 7.11 Å². The van der Waals surface area contributed by atoms with Gasteiger partial charge in [-0.05, 0) is 25.0 Å². The van der Waals surface area contributed by atoms with Crippen LogP contribution in [0.5, 0.6) is 11.5 Å². The fourth-order valence-corrected chi connectivity index (χ4v) is 1.82. The second kappa shape index (κ2) is 8.82. The lowest BCUT2D eigenvalue weighted by Gasteiger charge is -2.22. The summed E-state index contributed by atoms with van der Waals surface area (Å²) in [6.45, 7) is 7.33. The molecule has 0 saturated heterocycles. The van der Waals surface area contributed by atoms with Crippen molar-refractivity contribution in [3.63, 3.8) is 0 Å². The van der Waals surface area contributed by atoms with Crippen LogP contribution in [0.4, 0.5) is 0 Å². The monoisotopic (exact) mass is 281 g/mol. The van der Waals surface area contributed by atoms with Gasteiger partial charge in [-0.3, -0.25) is 0 Å². The quantitative estimate of drug-likeness (QED) is 0.730.